The molecule has 1 aliphatic heterocycles. The maximum absolute atomic E-state index is 12.7. The first-order chi connectivity index (χ1) is 29.6. The number of para-hydroxylation sites is 1. The van der Waals surface area contributed by atoms with Crippen LogP contribution in [0.15, 0.2) is 43.1 Å². The van der Waals surface area contributed by atoms with Crippen molar-refractivity contribution < 1.29 is 80.5 Å². The molecule has 1 aliphatic rings. The smallest absolute Gasteiger partial charge is 0.481 e. The summed E-state index contributed by atoms with van der Waals surface area (Å²) in [6.07, 6.45) is -4.75. The molecule has 1 aromatic carbocycles. The summed E-state index contributed by atoms with van der Waals surface area (Å²) in [7, 11) is -17.0. The van der Waals surface area contributed by atoms with E-state index < -0.39 is 84.6 Å². The molecule has 5 rings (SSSR count). The summed E-state index contributed by atoms with van der Waals surface area (Å²) < 4.78 is 61.7. The number of phosphoric acid groups is 3. The lowest BCUT2D eigenvalue weighted by molar-refractivity contribution is -0.347. The van der Waals surface area contributed by atoms with Crippen molar-refractivity contribution in [3.05, 3.63) is 48.7 Å². The molecule has 26 nitrogen and oxygen atoms in total. The second kappa shape index (κ2) is 21.4. The highest BCUT2D eigenvalue weighted by molar-refractivity contribution is 7.99. The van der Waals surface area contributed by atoms with Crippen LogP contribution in [0.4, 0.5) is 5.82 Å². The molecule has 3 aromatic heterocycles. The first-order valence-corrected chi connectivity index (χ1v) is 24.4. The molecule has 7 unspecified atom stereocenters. The molecule has 0 spiro atoms. The van der Waals surface area contributed by atoms with Gasteiger partial charge in [-0.15, -0.1) is 0 Å². The number of carbonyl (C=O) groups is 3. The van der Waals surface area contributed by atoms with E-state index in [0.29, 0.717) is 18.7 Å². The van der Waals surface area contributed by atoms with Crippen molar-refractivity contribution in [1.82, 2.24) is 40.5 Å². The van der Waals surface area contributed by atoms with E-state index in [1.54, 1.807) is 0 Å². The van der Waals surface area contributed by atoms with E-state index in [9.17, 15) is 57.9 Å². The maximum atomic E-state index is 12.7. The van der Waals surface area contributed by atoms with E-state index in [-0.39, 0.29) is 48.2 Å². The monoisotopic (exact) mass is 965 g/mol. The number of carbonyl (C=O) groups excluding carboxylic acids is 3. The topological polar surface area (TPSA) is 397 Å². The van der Waals surface area contributed by atoms with Gasteiger partial charge in [0.25, 0.3) is 0 Å². The van der Waals surface area contributed by atoms with Crippen LogP contribution in [0.2, 0.25) is 0 Å². The predicted molar refractivity (Wildman–Crippen MR) is 218 cm³/mol. The molecular formula is C33H46N9O17P3S-2. The van der Waals surface area contributed by atoms with E-state index in [1.807, 2.05) is 30.5 Å². The number of rotatable bonds is 24. The van der Waals surface area contributed by atoms with E-state index in [1.165, 1.54) is 25.6 Å². The third-order valence-electron chi connectivity index (χ3n) is 9.26. The van der Waals surface area contributed by atoms with Crippen LogP contribution < -0.4 is 31.5 Å². The van der Waals surface area contributed by atoms with Crippen molar-refractivity contribution in [2.24, 2.45) is 5.41 Å². The largest absolute Gasteiger partial charge is 0.790 e. The average molecular weight is 966 g/mol. The number of ether oxygens (including phenoxy) is 1. The fourth-order valence-corrected chi connectivity index (χ4v) is 9.57. The van der Waals surface area contributed by atoms with Crippen LogP contribution >= 0.6 is 35.2 Å². The highest BCUT2D eigenvalue weighted by atomic mass is 32.2. The lowest BCUT2D eigenvalue weighted by atomic mass is 9.87. The molecule has 1 saturated heterocycles. The molecule has 30 heteroatoms. The standard InChI is InChI=1S/C33H48N9O17P3S/c1-33(2,28(46)31(47)37-10-8-23(43)36-11-12-63-15-24(44)35-9-7-19-13-38-21-6-4-3-5-20(19)21)16-56-62(53,54)59-61(51,52)55-14-22-27(58-60(48,49)50)26(45)32(57-22)42-18-41-25-29(34)39-17-40-30(25)42/h3-6,13,17-18,22,26-28,32,38,45-46H,7-12,14-16H2,1-2H3,(H,35,44)(H,36,43)(H,37,47)(H,51,52)(H,53,54)(H2,34,39,40)(H2,48,49,50)/p-2. The number of fused-ring (bicyclic) bond motifs is 2. The second-order valence-electron chi connectivity index (χ2n) is 14.5. The molecule has 1 fully saturated rings. The van der Waals surface area contributed by atoms with Gasteiger partial charge in [-0.3, -0.25) is 28.0 Å². The Balaban J connectivity index is 0.988. The Morgan fingerprint density at radius 3 is 2.49 bits per heavy atom. The number of aromatic amines is 1. The number of aliphatic hydroxyl groups is 2. The summed E-state index contributed by atoms with van der Waals surface area (Å²) in [6.45, 7) is 0.915. The van der Waals surface area contributed by atoms with Crippen LogP contribution in [0, 0.1) is 5.41 Å². The van der Waals surface area contributed by atoms with Crippen molar-refractivity contribution in [1.29, 1.82) is 0 Å². The SMILES string of the molecule is CC(C)(COP(=O)(O)OP(=O)(O)OCC1OC(n2cnc3c(N)ncnc32)C(O)C1OP(=O)([O-])[O-])C(O)C(=O)NCCC(=O)NCCSCC(=O)NCCc1c[nH]c2ccccc12. The molecule has 0 saturated carbocycles. The van der Waals surface area contributed by atoms with E-state index in [0.717, 1.165) is 33.7 Å². The van der Waals surface area contributed by atoms with Gasteiger partial charge in [0.15, 0.2) is 17.7 Å². The van der Waals surface area contributed by atoms with Crippen LogP contribution in [0.25, 0.3) is 22.1 Å². The van der Waals surface area contributed by atoms with Crippen molar-refractivity contribution in [2.45, 2.75) is 57.3 Å². The zero-order chi connectivity index (χ0) is 46.2. The molecule has 10 N–H and O–H groups in total. The molecule has 348 valence electrons. The Morgan fingerprint density at radius 1 is 1.03 bits per heavy atom. The number of phosphoric ester groups is 3. The van der Waals surface area contributed by atoms with Crippen LogP contribution in [0.1, 0.15) is 32.1 Å². The summed E-state index contributed by atoms with van der Waals surface area (Å²) in [5.41, 5.74) is 6.30. The van der Waals surface area contributed by atoms with Crippen LogP contribution in [-0.2, 0) is 57.1 Å². The van der Waals surface area contributed by atoms with Gasteiger partial charge < -0.3 is 70.3 Å². The number of amides is 3. The highest BCUT2D eigenvalue weighted by Gasteiger charge is 2.48. The lowest BCUT2D eigenvalue weighted by Crippen LogP contribution is -2.46. The van der Waals surface area contributed by atoms with Crippen molar-refractivity contribution >= 4 is 80.8 Å². The summed E-state index contributed by atoms with van der Waals surface area (Å²) >= 11 is 1.32. The fourth-order valence-electron chi connectivity index (χ4n) is 6.08. The zero-order valence-corrected chi connectivity index (χ0v) is 37.0. The third kappa shape index (κ3) is 14.3. The number of H-pyrrole nitrogens is 1. The number of aliphatic hydroxyl groups excluding tert-OH is 2. The number of nitrogens with one attached hydrogen (secondary N) is 4. The van der Waals surface area contributed by atoms with Gasteiger partial charge in [-0.05, 0) is 18.1 Å². The highest BCUT2D eigenvalue weighted by Crippen LogP contribution is 2.61. The van der Waals surface area contributed by atoms with Crippen LogP contribution in [0.5, 0.6) is 0 Å². The normalized spacial score (nSPS) is 20.6. The average Bonchev–Trinajstić information content (AvgIpc) is 3.91. The van der Waals surface area contributed by atoms with Gasteiger partial charge in [0.05, 0.1) is 33.1 Å². The number of thioether (sulfide) groups is 1. The summed E-state index contributed by atoms with van der Waals surface area (Å²) in [6, 6.07) is 7.87. The first-order valence-electron chi connectivity index (χ1n) is 18.8. The molecule has 3 amide bonds. The van der Waals surface area contributed by atoms with Gasteiger partial charge in [0.1, 0.15) is 36.3 Å². The minimum atomic E-state index is -5.83. The first kappa shape index (κ1) is 50.1. The summed E-state index contributed by atoms with van der Waals surface area (Å²) in [4.78, 5) is 95.4. The molecule has 0 aliphatic carbocycles. The third-order valence-corrected chi connectivity index (χ3v) is 13.3. The lowest BCUT2D eigenvalue weighted by Gasteiger charge is -2.34. The fraction of sp³-hybridized carbons (Fsp3) is 0.515. The summed E-state index contributed by atoms with van der Waals surface area (Å²) in [5.74, 6) is -0.977. The van der Waals surface area contributed by atoms with Gasteiger partial charge in [0.2, 0.25) is 17.7 Å². The minimum absolute atomic E-state index is 0.00213. The molecule has 4 heterocycles. The van der Waals surface area contributed by atoms with Gasteiger partial charge in [0, 0.05) is 54.3 Å². The van der Waals surface area contributed by atoms with Gasteiger partial charge in [-0.25, -0.2) is 24.1 Å². The predicted octanol–water partition coefficient (Wildman–Crippen LogP) is -1.29. The summed E-state index contributed by atoms with van der Waals surface area (Å²) in [5, 5.41) is 30.4. The number of nitrogens with two attached hydrogens (primary N) is 1. The van der Waals surface area contributed by atoms with Gasteiger partial charge >= 0.3 is 15.6 Å². The van der Waals surface area contributed by atoms with Crippen LogP contribution in [0.3, 0.4) is 0 Å². The second-order valence-corrected chi connectivity index (χ2v) is 19.8. The molecule has 0 bridgehead atoms. The zero-order valence-electron chi connectivity index (χ0n) is 33.5. The Labute approximate surface area is 362 Å². The van der Waals surface area contributed by atoms with Crippen molar-refractivity contribution in [3.8, 4) is 0 Å². The molecule has 4 aromatic rings. The minimum Gasteiger partial charge on any atom is -0.790 e. The number of anilines is 1. The van der Waals surface area contributed by atoms with Crippen LogP contribution in [-0.4, -0.2) is 131 Å². The Morgan fingerprint density at radius 2 is 1.75 bits per heavy atom. The molecule has 63 heavy (non-hydrogen) atoms. The van der Waals surface area contributed by atoms with E-state index >= 15 is 0 Å². The number of benzene rings is 1. The number of nitrogens with zero attached hydrogens (tertiary/aromatic N) is 4. The Bertz CT molecular complexity index is 2380. The number of aromatic nitrogens is 5. The van der Waals surface area contributed by atoms with E-state index in [2.05, 4.69) is 44.7 Å². The Kier molecular flexibility index (Phi) is 17.0. The Hall–Kier alpha value is -3.88. The molecule has 7 atom stereocenters. The molecule has 0 radical (unpaired) electrons. The van der Waals surface area contributed by atoms with Crippen molar-refractivity contribution in [3.63, 3.8) is 0 Å². The number of hydrogen-bond donors (Lipinski definition) is 9. The number of nitrogen functional groups attached to an aromatic ring is 1. The van der Waals surface area contributed by atoms with Gasteiger partial charge in [-0.1, -0.05) is 32.0 Å². The number of imidazole rings is 1. The van der Waals surface area contributed by atoms with E-state index in [4.69, 9.17) is 19.5 Å². The van der Waals surface area contributed by atoms with Gasteiger partial charge in [-0.2, -0.15) is 16.1 Å². The quantitative estimate of drug-likeness (QED) is 0.0291. The van der Waals surface area contributed by atoms with Crippen molar-refractivity contribution in [2.75, 3.05) is 50.1 Å². The maximum Gasteiger partial charge on any atom is 0.481 e. The number of hydrogen-bond acceptors (Lipinski definition) is 20. The molecular weight excluding hydrogens is 919 g/mol.